The summed E-state index contributed by atoms with van der Waals surface area (Å²) in [5.41, 5.74) is -0.594. The first-order valence-corrected chi connectivity index (χ1v) is 5.93. The zero-order valence-corrected chi connectivity index (χ0v) is 10.9. The van der Waals surface area contributed by atoms with Crippen molar-refractivity contribution >= 4 is 5.97 Å². The van der Waals surface area contributed by atoms with E-state index < -0.39 is 11.5 Å². The Balaban J connectivity index is 2.98. The van der Waals surface area contributed by atoms with Gasteiger partial charge < -0.3 is 14.5 Å². The molecule has 1 aromatic heterocycles. The maximum absolute atomic E-state index is 11.7. The standard InChI is InChI=1S/C12H18N2O4/c1-4-6-9(17-3)10-13-7-8(11(15)14-10)12(16)18-5-2/h7,9H,4-6H2,1-3H3,(H,13,14,15). The molecule has 1 unspecified atom stereocenters. The number of hydrogen-bond acceptors (Lipinski definition) is 5. The van der Waals surface area contributed by atoms with Crippen LogP contribution in [0.4, 0.5) is 0 Å². The summed E-state index contributed by atoms with van der Waals surface area (Å²) in [7, 11) is 1.56. The number of carbonyl (C=O) groups is 1. The fourth-order valence-electron chi connectivity index (χ4n) is 1.55. The van der Waals surface area contributed by atoms with Crippen molar-refractivity contribution in [3.8, 4) is 0 Å². The quantitative estimate of drug-likeness (QED) is 0.777. The highest BCUT2D eigenvalue weighted by Gasteiger charge is 2.17. The maximum atomic E-state index is 11.7. The molecule has 0 amide bonds. The Kier molecular flexibility index (Phi) is 5.51. The van der Waals surface area contributed by atoms with E-state index in [4.69, 9.17) is 9.47 Å². The molecule has 0 saturated carbocycles. The van der Waals surface area contributed by atoms with Crippen LogP contribution in [-0.4, -0.2) is 29.7 Å². The van der Waals surface area contributed by atoms with Gasteiger partial charge in [0, 0.05) is 13.3 Å². The molecule has 1 atom stereocenters. The summed E-state index contributed by atoms with van der Waals surface area (Å²) in [5.74, 6) is -0.236. The summed E-state index contributed by atoms with van der Waals surface area (Å²) in [4.78, 5) is 29.8. The number of carbonyl (C=O) groups excluding carboxylic acids is 1. The van der Waals surface area contributed by atoms with Crippen LogP contribution < -0.4 is 5.56 Å². The van der Waals surface area contributed by atoms with Gasteiger partial charge >= 0.3 is 5.97 Å². The van der Waals surface area contributed by atoms with Crippen molar-refractivity contribution in [2.24, 2.45) is 0 Å². The number of rotatable bonds is 6. The minimum Gasteiger partial charge on any atom is -0.462 e. The summed E-state index contributed by atoms with van der Waals surface area (Å²) in [6.07, 6.45) is 2.62. The van der Waals surface area contributed by atoms with Crippen molar-refractivity contribution in [2.75, 3.05) is 13.7 Å². The van der Waals surface area contributed by atoms with Crippen LogP contribution in [-0.2, 0) is 9.47 Å². The third-order valence-corrected chi connectivity index (χ3v) is 2.45. The predicted octanol–water partition coefficient (Wildman–Crippen LogP) is 1.43. The first-order valence-electron chi connectivity index (χ1n) is 5.93. The molecule has 0 spiro atoms. The van der Waals surface area contributed by atoms with Gasteiger partial charge in [-0.15, -0.1) is 0 Å². The van der Waals surface area contributed by atoms with E-state index in [0.717, 1.165) is 12.8 Å². The molecule has 0 fully saturated rings. The molecule has 6 nitrogen and oxygen atoms in total. The Hall–Kier alpha value is -1.69. The Morgan fingerprint density at radius 3 is 2.72 bits per heavy atom. The van der Waals surface area contributed by atoms with E-state index >= 15 is 0 Å². The zero-order chi connectivity index (χ0) is 13.5. The Morgan fingerprint density at radius 2 is 2.22 bits per heavy atom. The molecule has 18 heavy (non-hydrogen) atoms. The van der Waals surface area contributed by atoms with Gasteiger partial charge in [0.15, 0.2) is 0 Å². The van der Waals surface area contributed by atoms with Gasteiger partial charge in [-0.05, 0) is 13.3 Å². The number of H-pyrrole nitrogens is 1. The molecule has 0 aliphatic heterocycles. The molecular weight excluding hydrogens is 236 g/mol. The highest BCUT2D eigenvalue weighted by Crippen LogP contribution is 2.16. The molecular formula is C12H18N2O4. The maximum Gasteiger partial charge on any atom is 0.345 e. The van der Waals surface area contributed by atoms with E-state index in [9.17, 15) is 9.59 Å². The van der Waals surface area contributed by atoms with E-state index in [1.165, 1.54) is 6.20 Å². The van der Waals surface area contributed by atoms with E-state index in [2.05, 4.69) is 9.97 Å². The molecule has 6 heteroatoms. The van der Waals surface area contributed by atoms with Gasteiger partial charge in [0.25, 0.3) is 5.56 Å². The minimum atomic E-state index is -0.665. The molecule has 0 aliphatic carbocycles. The highest BCUT2D eigenvalue weighted by atomic mass is 16.5. The average Bonchev–Trinajstić information content (AvgIpc) is 2.36. The molecule has 0 aliphatic rings. The number of hydrogen-bond donors (Lipinski definition) is 1. The summed E-state index contributed by atoms with van der Waals surface area (Å²) < 4.78 is 9.98. The van der Waals surface area contributed by atoms with E-state index in [-0.39, 0.29) is 18.3 Å². The van der Waals surface area contributed by atoms with Crippen LogP contribution >= 0.6 is 0 Å². The normalized spacial score (nSPS) is 12.2. The Morgan fingerprint density at radius 1 is 1.50 bits per heavy atom. The summed E-state index contributed by atoms with van der Waals surface area (Å²) in [5, 5.41) is 0. The number of aromatic nitrogens is 2. The van der Waals surface area contributed by atoms with Crippen LogP contribution in [0.5, 0.6) is 0 Å². The van der Waals surface area contributed by atoms with Crippen molar-refractivity contribution in [3.05, 3.63) is 27.9 Å². The lowest BCUT2D eigenvalue weighted by molar-refractivity contribution is 0.0522. The number of aromatic amines is 1. The van der Waals surface area contributed by atoms with Crippen molar-refractivity contribution in [2.45, 2.75) is 32.8 Å². The van der Waals surface area contributed by atoms with Crippen molar-refractivity contribution in [1.29, 1.82) is 0 Å². The van der Waals surface area contributed by atoms with Crippen LogP contribution in [0.2, 0.25) is 0 Å². The van der Waals surface area contributed by atoms with Gasteiger partial charge in [-0.2, -0.15) is 0 Å². The van der Waals surface area contributed by atoms with Crippen LogP contribution in [0.15, 0.2) is 11.0 Å². The van der Waals surface area contributed by atoms with E-state index in [1.54, 1.807) is 14.0 Å². The molecule has 1 rings (SSSR count). The molecule has 1 heterocycles. The van der Waals surface area contributed by atoms with Crippen LogP contribution in [0.1, 0.15) is 49.0 Å². The molecule has 0 saturated heterocycles. The van der Waals surface area contributed by atoms with E-state index in [1.807, 2.05) is 6.92 Å². The largest absolute Gasteiger partial charge is 0.462 e. The fourth-order valence-corrected chi connectivity index (χ4v) is 1.55. The summed E-state index contributed by atoms with van der Waals surface area (Å²) in [6, 6.07) is 0. The predicted molar refractivity (Wildman–Crippen MR) is 65.5 cm³/mol. The topological polar surface area (TPSA) is 81.3 Å². The molecule has 0 radical (unpaired) electrons. The lowest BCUT2D eigenvalue weighted by Gasteiger charge is -2.13. The van der Waals surface area contributed by atoms with Gasteiger partial charge in [0.2, 0.25) is 0 Å². The van der Waals surface area contributed by atoms with Crippen LogP contribution in [0.25, 0.3) is 0 Å². The lowest BCUT2D eigenvalue weighted by atomic mass is 10.2. The van der Waals surface area contributed by atoms with Gasteiger partial charge in [-0.3, -0.25) is 4.79 Å². The molecule has 1 aromatic rings. The second kappa shape index (κ2) is 6.90. The summed E-state index contributed by atoms with van der Waals surface area (Å²) >= 11 is 0. The monoisotopic (exact) mass is 254 g/mol. The minimum absolute atomic E-state index is 0.0908. The number of methoxy groups -OCH3 is 1. The van der Waals surface area contributed by atoms with Crippen LogP contribution in [0, 0.1) is 0 Å². The molecule has 1 N–H and O–H groups in total. The second-order valence-electron chi connectivity index (χ2n) is 3.74. The Labute approximate surface area is 105 Å². The smallest absolute Gasteiger partial charge is 0.345 e. The average molecular weight is 254 g/mol. The third kappa shape index (κ3) is 3.40. The van der Waals surface area contributed by atoms with E-state index in [0.29, 0.717) is 5.82 Å². The first-order chi connectivity index (χ1) is 8.63. The molecule has 100 valence electrons. The highest BCUT2D eigenvalue weighted by molar-refractivity contribution is 5.88. The van der Waals surface area contributed by atoms with Crippen molar-refractivity contribution in [1.82, 2.24) is 9.97 Å². The first kappa shape index (κ1) is 14.4. The number of nitrogens with zero attached hydrogens (tertiary/aromatic N) is 1. The number of ether oxygens (including phenoxy) is 2. The SMILES string of the molecule is CCCC(OC)c1ncc(C(=O)OCC)c(=O)[nH]1. The number of nitrogens with one attached hydrogen (secondary N) is 1. The summed E-state index contributed by atoms with van der Waals surface area (Å²) in [6.45, 7) is 3.91. The molecule has 0 bridgehead atoms. The third-order valence-electron chi connectivity index (χ3n) is 2.45. The van der Waals surface area contributed by atoms with Gasteiger partial charge in [0.05, 0.1) is 6.61 Å². The second-order valence-corrected chi connectivity index (χ2v) is 3.74. The molecule has 0 aromatic carbocycles. The van der Waals surface area contributed by atoms with Gasteiger partial charge in [-0.25, -0.2) is 9.78 Å². The fraction of sp³-hybridized carbons (Fsp3) is 0.583. The number of esters is 1. The lowest BCUT2D eigenvalue weighted by Crippen LogP contribution is -2.23. The van der Waals surface area contributed by atoms with Gasteiger partial charge in [-0.1, -0.05) is 13.3 Å². The van der Waals surface area contributed by atoms with Crippen LogP contribution in [0.3, 0.4) is 0 Å². The Bertz CT molecular complexity index is 456. The van der Waals surface area contributed by atoms with Crippen molar-refractivity contribution < 1.29 is 14.3 Å². The van der Waals surface area contributed by atoms with Gasteiger partial charge in [0.1, 0.15) is 17.5 Å². The zero-order valence-electron chi connectivity index (χ0n) is 10.9. The van der Waals surface area contributed by atoms with Crippen molar-refractivity contribution in [3.63, 3.8) is 0 Å².